The van der Waals surface area contributed by atoms with E-state index in [1.807, 2.05) is 12.1 Å². The second-order valence-corrected chi connectivity index (χ2v) is 7.22. The fourth-order valence-electron chi connectivity index (χ4n) is 3.98. The highest BCUT2D eigenvalue weighted by molar-refractivity contribution is 5.84. The number of nitrogens with one attached hydrogen (secondary N) is 1. The predicted molar refractivity (Wildman–Crippen MR) is 105 cm³/mol. The van der Waals surface area contributed by atoms with Gasteiger partial charge in [-0.2, -0.15) is 0 Å². The SMILES string of the molecule is OC[C@H]1O[C@@H](n2cnc3c(NCC4=CCc5ccccc54)ncnc32)[C@H](O)[C@@H]1O. The van der Waals surface area contributed by atoms with Crippen molar-refractivity contribution < 1.29 is 20.1 Å². The van der Waals surface area contributed by atoms with E-state index in [9.17, 15) is 15.3 Å². The average molecular weight is 395 g/mol. The van der Waals surface area contributed by atoms with Gasteiger partial charge in [0.2, 0.25) is 0 Å². The van der Waals surface area contributed by atoms with E-state index in [0.29, 0.717) is 23.5 Å². The molecular weight excluding hydrogens is 374 g/mol. The summed E-state index contributed by atoms with van der Waals surface area (Å²) in [4.78, 5) is 13.0. The van der Waals surface area contributed by atoms with E-state index in [4.69, 9.17) is 4.74 Å². The summed E-state index contributed by atoms with van der Waals surface area (Å²) in [5.41, 5.74) is 4.76. The molecule has 1 aromatic carbocycles. The van der Waals surface area contributed by atoms with Crippen LogP contribution in [0.25, 0.3) is 16.7 Å². The van der Waals surface area contributed by atoms with Gasteiger partial charge in [-0.25, -0.2) is 15.0 Å². The smallest absolute Gasteiger partial charge is 0.167 e. The summed E-state index contributed by atoms with van der Waals surface area (Å²) in [6.07, 6.45) is 1.91. The number of benzene rings is 1. The number of aliphatic hydroxyl groups excluding tert-OH is 3. The summed E-state index contributed by atoms with van der Waals surface area (Å²) in [6, 6.07) is 8.32. The van der Waals surface area contributed by atoms with Crippen molar-refractivity contribution in [1.82, 2.24) is 19.5 Å². The minimum Gasteiger partial charge on any atom is -0.394 e. The lowest BCUT2D eigenvalue weighted by atomic mass is 10.1. The molecule has 1 aliphatic heterocycles. The number of hydrogen-bond donors (Lipinski definition) is 4. The van der Waals surface area contributed by atoms with Gasteiger partial charge in [-0.15, -0.1) is 0 Å². The van der Waals surface area contributed by atoms with Gasteiger partial charge in [-0.1, -0.05) is 30.3 Å². The number of allylic oxidation sites excluding steroid dienone is 1. The first-order chi connectivity index (χ1) is 14.2. The standard InChI is InChI=1S/C20H21N5O4/c26-8-14-16(27)17(28)20(29-14)25-10-24-15-18(22-9-23-19(15)25)21-7-12-6-5-11-3-1-2-4-13(11)12/h1-4,6,9-10,14,16-17,20,26-28H,5,7-8H2,(H,21,22,23)/t14-,16-,17-,20-/m1/s1. The van der Waals surface area contributed by atoms with Crippen molar-refractivity contribution in [2.75, 3.05) is 18.5 Å². The topological polar surface area (TPSA) is 126 Å². The molecule has 0 spiro atoms. The van der Waals surface area contributed by atoms with Crippen LogP contribution in [0.3, 0.4) is 0 Å². The van der Waals surface area contributed by atoms with Gasteiger partial charge in [0.15, 0.2) is 23.2 Å². The predicted octanol–water partition coefficient (Wildman–Crippen LogP) is 0.489. The van der Waals surface area contributed by atoms with Gasteiger partial charge in [0, 0.05) is 6.54 Å². The molecule has 0 bridgehead atoms. The Morgan fingerprint density at radius 3 is 2.83 bits per heavy atom. The summed E-state index contributed by atoms with van der Waals surface area (Å²) in [5, 5.41) is 33.0. The molecule has 0 amide bonds. The molecule has 5 rings (SSSR count). The second kappa shape index (κ2) is 7.20. The van der Waals surface area contributed by atoms with E-state index in [0.717, 1.165) is 6.42 Å². The van der Waals surface area contributed by atoms with Crippen molar-refractivity contribution >= 4 is 22.6 Å². The number of aromatic nitrogens is 4. The maximum absolute atomic E-state index is 10.3. The average Bonchev–Trinajstić information content (AvgIpc) is 3.43. The number of ether oxygens (including phenoxy) is 1. The van der Waals surface area contributed by atoms with Crippen molar-refractivity contribution in [2.45, 2.75) is 31.0 Å². The Labute approximate surface area is 166 Å². The number of fused-ring (bicyclic) bond motifs is 2. The molecule has 1 aliphatic carbocycles. The van der Waals surface area contributed by atoms with E-state index in [1.165, 1.54) is 29.4 Å². The van der Waals surface area contributed by atoms with Crippen LogP contribution in [0.5, 0.6) is 0 Å². The summed E-state index contributed by atoms with van der Waals surface area (Å²) in [6.45, 7) is 0.212. The zero-order valence-corrected chi connectivity index (χ0v) is 15.5. The van der Waals surface area contributed by atoms with Crippen LogP contribution in [0, 0.1) is 0 Å². The van der Waals surface area contributed by atoms with Crippen LogP contribution in [0.2, 0.25) is 0 Å². The Bertz CT molecular complexity index is 1080. The highest BCUT2D eigenvalue weighted by Gasteiger charge is 2.44. The quantitative estimate of drug-likeness (QED) is 0.492. The van der Waals surface area contributed by atoms with Gasteiger partial charge < -0.3 is 25.4 Å². The largest absolute Gasteiger partial charge is 0.394 e. The Hall–Kier alpha value is -2.85. The van der Waals surface area contributed by atoms with E-state index < -0.39 is 24.5 Å². The molecule has 9 nitrogen and oxygen atoms in total. The van der Waals surface area contributed by atoms with Crippen LogP contribution in [0.15, 0.2) is 43.0 Å². The lowest BCUT2D eigenvalue weighted by Gasteiger charge is -2.16. The monoisotopic (exact) mass is 395 g/mol. The van der Waals surface area contributed by atoms with Crippen LogP contribution in [-0.2, 0) is 11.2 Å². The molecule has 0 saturated carbocycles. The van der Waals surface area contributed by atoms with Gasteiger partial charge >= 0.3 is 0 Å². The van der Waals surface area contributed by atoms with Crippen molar-refractivity contribution in [1.29, 1.82) is 0 Å². The van der Waals surface area contributed by atoms with Crippen molar-refractivity contribution in [3.8, 4) is 0 Å². The second-order valence-electron chi connectivity index (χ2n) is 7.22. The van der Waals surface area contributed by atoms with E-state index in [1.54, 1.807) is 4.57 Å². The molecule has 3 heterocycles. The summed E-state index contributed by atoms with van der Waals surface area (Å²) < 4.78 is 7.14. The molecule has 0 radical (unpaired) electrons. The van der Waals surface area contributed by atoms with E-state index in [-0.39, 0.29) is 6.61 Å². The Morgan fingerprint density at radius 1 is 1.14 bits per heavy atom. The molecule has 1 fully saturated rings. The third-order valence-corrected chi connectivity index (χ3v) is 5.53. The van der Waals surface area contributed by atoms with E-state index in [2.05, 4.69) is 38.5 Å². The highest BCUT2D eigenvalue weighted by Crippen LogP contribution is 2.32. The van der Waals surface area contributed by atoms with Crippen molar-refractivity contribution in [2.24, 2.45) is 0 Å². The Morgan fingerprint density at radius 2 is 2.00 bits per heavy atom. The highest BCUT2D eigenvalue weighted by atomic mass is 16.6. The molecule has 1 saturated heterocycles. The zero-order valence-electron chi connectivity index (χ0n) is 15.5. The number of aliphatic hydroxyl groups is 3. The maximum Gasteiger partial charge on any atom is 0.167 e. The first-order valence-electron chi connectivity index (χ1n) is 9.48. The number of hydrogen-bond acceptors (Lipinski definition) is 8. The number of nitrogens with zero attached hydrogens (tertiary/aromatic N) is 4. The number of imidazole rings is 1. The number of anilines is 1. The van der Waals surface area contributed by atoms with Crippen molar-refractivity contribution in [3.63, 3.8) is 0 Å². The van der Waals surface area contributed by atoms with Crippen LogP contribution in [-0.4, -0.2) is 66.3 Å². The molecule has 9 heteroatoms. The molecule has 29 heavy (non-hydrogen) atoms. The third kappa shape index (κ3) is 2.99. The molecular formula is C20H21N5O4. The summed E-state index contributed by atoms with van der Waals surface area (Å²) in [5.74, 6) is 0.575. The van der Waals surface area contributed by atoms with Gasteiger partial charge in [0.25, 0.3) is 0 Å². The van der Waals surface area contributed by atoms with Gasteiger partial charge in [0.05, 0.1) is 12.9 Å². The van der Waals surface area contributed by atoms with E-state index >= 15 is 0 Å². The Kier molecular flexibility index (Phi) is 4.51. The first kappa shape index (κ1) is 18.2. The van der Waals surface area contributed by atoms with Crippen LogP contribution in [0.1, 0.15) is 17.4 Å². The normalized spacial score (nSPS) is 26.0. The van der Waals surface area contributed by atoms with Crippen LogP contribution >= 0.6 is 0 Å². The lowest BCUT2D eigenvalue weighted by Crippen LogP contribution is -2.33. The molecule has 150 valence electrons. The van der Waals surface area contributed by atoms with Gasteiger partial charge in [-0.05, 0) is 23.1 Å². The Balaban J connectivity index is 1.40. The fourth-order valence-corrected chi connectivity index (χ4v) is 3.98. The minimum atomic E-state index is -1.20. The van der Waals surface area contributed by atoms with Crippen LogP contribution in [0.4, 0.5) is 5.82 Å². The molecule has 2 aromatic heterocycles. The summed E-state index contributed by atoms with van der Waals surface area (Å²) in [7, 11) is 0. The third-order valence-electron chi connectivity index (χ3n) is 5.53. The number of rotatable bonds is 5. The van der Waals surface area contributed by atoms with Crippen molar-refractivity contribution in [3.05, 3.63) is 54.1 Å². The zero-order chi connectivity index (χ0) is 20.0. The fraction of sp³-hybridized carbons (Fsp3) is 0.350. The minimum absolute atomic E-state index is 0.389. The maximum atomic E-state index is 10.3. The lowest BCUT2D eigenvalue weighted by molar-refractivity contribution is -0.0511. The molecule has 0 unspecified atom stereocenters. The first-order valence-corrected chi connectivity index (χ1v) is 9.48. The van der Waals surface area contributed by atoms with Gasteiger partial charge in [-0.3, -0.25) is 4.57 Å². The van der Waals surface area contributed by atoms with Crippen LogP contribution < -0.4 is 5.32 Å². The molecule has 4 atom stereocenters. The molecule has 3 aromatic rings. The molecule has 4 N–H and O–H groups in total. The van der Waals surface area contributed by atoms with Gasteiger partial charge in [0.1, 0.15) is 24.6 Å². The molecule has 2 aliphatic rings. The summed E-state index contributed by atoms with van der Waals surface area (Å²) >= 11 is 0.